The van der Waals surface area contributed by atoms with E-state index >= 15 is 0 Å². The van der Waals surface area contributed by atoms with Crippen molar-refractivity contribution in [1.82, 2.24) is 9.62 Å². The number of sulfonamides is 1. The molecule has 2 aromatic rings. The quantitative estimate of drug-likeness (QED) is 0.747. The Kier molecular flexibility index (Phi) is 6.82. The molecule has 1 fully saturated rings. The van der Waals surface area contributed by atoms with Crippen LogP contribution in [-0.2, 0) is 14.8 Å². The van der Waals surface area contributed by atoms with E-state index in [1.165, 1.54) is 24.3 Å². The van der Waals surface area contributed by atoms with Gasteiger partial charge in [-0.25, -0.2) is 13.1 Å². The van der Waals surface area contributed by atoms with Crippen LogP contribution in [0.15, 0.2) is 53.4 Å². The molecule has 1 N–H and O–H groups in total. The fraction of sp³-hybridized carbons (Fsp3) is 0.316. The first kappa shape index (κ1) is 20.9. The Bertz CT molecular complexity index is 928. The number of piperazine rings is 1. The SMILES string of the molecule is O=C(CCNS(=O)(=O)c1ccc(Cl)cc1)N1CCN(c2cccc(Cl)c2)CC1. The molecule has 0 aliphatic carbocycles. The summed E-state index contributed by atoms with van der Waals surface area (Å²) in [6, 6.07) is 13.5. The van der Waals surface area contributed by atoms with Gasteiger partial charge in [-0.2, -0.15) is 0 Å². The van der Waals surface area contributed by atoms with E-state index in [1.54, 1.807) is 4.90 Å². The van der Waals surface area contributed by atoms with E-state index in [2.05, 4.69) is 9.62 Å². The first-order chi connectivity index (χ1) is 13.3. The summed E-state index contributed by atoms with van der Waals surface area (Å²) in [5, 5.41) is 1.15. The largest absolute Gasteiger partial charge is 0.368 e. The van der Waals surface area contributed by atoms with Crippen molar-refractivity contribution in [3.8, 4) is 0 Å². The molecule has 0 bridgehead atoms. The van der Waals surface area contributed by atoms with E-state index in [-0.39, 0.29) is 23.8 Å². The van der Waals surface area contributed by atoms with Gasteiger partial charge in [-0.15, -0.1) is 0 Å². The van der Waals surface area contributed by atoms with Gasteiger partial charge in [0.2, 0.25) is 15.9 Å². The van der Waals surface area contributed by atoms with Crippen molar-refractivity contribution in [2.75, 3.05) is 37.6 Å². The second-order valence-electron chi connectivity index (χ2n) is 6.45. The Morgan fingerprint density at radius 1 is 0.964 bits per heavy atom. The molecule has 1 amide bonds. The Balaban J connectivity index is 1.46. The minimum absolute atomic E-state index is 0.0539. The summed E-state index contributed by atoms with van der Waals surface area (Å²) in [6.45, 7) is 2.66. The van der Waals surface area contributed by atoms with E-state index in [0.717, 1.165) is 5.69 Å². The Labute approximate surface area is 175 Å². The molecule has 6 nitrogen and oxygen atoms in total. The van der Waals surface area contributed by atoms with E-state index in [4.69, 9.17) is 23.2 Å². The lowest BCUT2D eigenvalue weighted by atomic mass is 10.2. The maximum Gasteiger partial charge on any atom is 0.240 e. The van der Waals surface area contributed by atoms with Crippen LogP contribution >= 0.6 is 23.2 Å². The molecule has 28 heavy (non-hydrogen) atoms. The summed E-state index contributed by atoms with van der Waals surface area (Å²) in [5.74, 6) is -0.0652. The smallest absolute Gasteiger partial charge is 0.240 e. The maximum atomic E-state index is 12.4. The summed E-state index contributed by atoms with van der Waals surface area (Å²) < 4.78 is 26.9. The Morgan fingerprint density at radius 3 is 2.29 bits per heavy atom. The highest BCUT2D eigenvalue weighted by atomic mass is 35.5. The van der Waals surface area contributed by atoms with Crippen LogP contribution in [0.1, 0.15) is 6.42 Å². The van der Waals surface area contributed by atoms with Crippen molar-refractivity contribution in [3.63, 3.8) is 0 Å². The molecule has 1 heterocycles. The van der Waals surface area contributed by atoms with Crippen molar-refractivity contribution < 1.29 is 13.2 Å². The fourth-order valence-corrected chi connectivity index (χ4v) is 4.38. The average molecular weight is 442 g/mol. The van der Waals surface area contributed by atoms with E-state index in [9.17, 15) is 13.2 Å². The van der Waals surface area contributed by atoms with Crippen molar-refractivity contribution in [1.29, 1.82) is 0 Å². The average Bonchev–Trinajstić information content (AvgIpc) is 2.68. The van der Waals surface area contributed by atoms with Gasteiger partial charge in [0.25, 0.3) is 0 Å². The molecular formula is C19H21Cl2N3O3S. The summed E-state index contributed by atoms with van der Waals surface area (Å²) in [5.41, 5.74) is 1.04. The topological polar surface area (TPSA) is 69.7 Å². The highest BCUT2D eigenvalue weighted by Crippen LogP contribution is 2.21. The zero-order valence-electron chi connectivity index (χ0n) is 15.1. The highest BCUT2D eigenvalue weighted by molar-refractivity contribution is 7.89. The van der Waals surface area contributed by atoms with Crippen LogP contribution in [-0.4, -0.2) is 51.9 Å². The van der Waals surface area contributed by atoms with E-state index in [0.29, 0.717) is 36.2 Å². The van der Waals surface area contributed by atoms with Gasteiger partial charge in [-0.1, -0.05) is 29.3 Å². The number of carbonyl (C=O) groups excluding carboxylic acids is 1. The first-order valence-corrected chi connectivity index (χ1v) is 11.1. The number of hydrogen-bond acceptors (Lipinski definition) is 4. The van der Waals surface area contributed by atoms with Gasteiger partial charge in [-0.05, 0) is 42.5 Å². The van der Waals surface area contributed by atoms with Crippen LogP contribution in [0.2, 0.25) is 10.0 Å². The molecule has 150 valence electrons. The second kappa shape index (κ2) is 9.13. The van der Waals surface area contributed by atoms with E-state index < -0.39 is 10.0 Å². The number of nitrogens with zero attached hydrogens (tertiary/aromatic N) is 2. The zero-order chi connectivity index (χ0) is 20.1. The number of rotatable bonds is 6. The highest BCUT2D eigenvalue weighted by Gasteiger charge is 2.22. The summed E-state index contributed by atoms with van der Waals surface area (Å²) in [4.78, 5) is 16.5. The Hall–Kier alpha value is -1.80. The van der Waals surface area contributed by atoms with Crippen molar-refractivity contribution in [2.24, 2.45) is 0 Å². The van der Waals surface area contributed by atoms with Crippen molar-refractivity contribution in [2.45, 2.75) is 11.3 Å². The predicted molar refractivity (Wildman–Crippen MR) is 112 cm³/mol. The van der Waals surface area contributed by atoms with Crippen molar-refractivity contribution >= 4 is 44.8 Å². The third-order valence-electron chi connectivity index (χ3n) is 4.56. The summed E-state index contributed by atoms with van der Waals surface area (Å²) in [6.07, 6.45) is 0.115. The number of nitrogens with one attached hydrogen (secondary N) is 1. The van der Waals surface area contributed by atoms with Crippen LogP contribution < -0.4 is 9.62 Å². The molecular weight excluding hydrogens is 421 g/mol. The van der Waals surface area contributed by atoms with Gasteiger partial charge in [0.15, 0.2) is 0 Å². The molecule has 1 aliphatic heterocycles. The zero-order valence-corrected chi connectivity index (χ0v) is 17.5. The van der Waals surface area contributed by atoms with Gasteiger partial charge in [0.1, 0.15) is 0 Å². The molecule has 0 aromatic heterocycles. The molecule has 2 aromatic carbocycles. The minimum Gasteiger partial charge on any atom is -0.368 e. The lowest BCUT2D eigenvalue weighted by Crippen LogP contribution is -2.49. The number of amides is 1. The number of hydrogen-bond donors (Lipinski definition) is 1. The van der Waals surface area contributed by atoms with Gasteiger partial charge >= 0.3 is 0 Å². The molecule has 1 aliphatic rings. The van der Waals surface area contributed by atoms with Gasteiger partial charge in [-0.3, -0.25) is 4.79 Å². The van der Waals surface area contributed by atoms with Crippen LogP contribution in [0.25, 0.3) is 0 Å². The predicted octanol–water partition coefficient (Wildman–Crippen LogP) is 3.01. The molecule has 0 unspecified atom stereocenters. The minimum atomic E-state index is -3.65. The lowest BCUT2D eigenvalue weighted by molar-refractivity contribution is -0.131. The number of carbonyl (C=O) groups is 1. The van der Waals surface area contributed by atoms with E-state index in [1.807, 2.05) is 24.3 Å². The fourth-order valence-electron chi connectivity index (χ4n) is 3.03. The molecule has 0 spiro atoms. The maximum absolute atomic E-state index is 12.4. The Morgan fingerprint density at radius 2 is 1.64 bits per heavy atom. The lowest BCUT2D eigenvalue weighted by Gasteiger charge is -2.36. The number of anilines is 1. The standard InChI is InChI=1S/C19H21Cl2N3O3S/c20-15-4-6-18(7-5-15)28(26,27)22-9-8-19(25)24-12-10-23(11-13-24)17-3-1-2-16(21)14-17/h1-7,14,22H,8-13H2. The molecule has 3 rings (SSSR count). The second-order valence-corrected chi connectivity index (χ2v) is 9.09. The molecule has 1 saturated heterocycles. The number of halogens is 2. The van der Waals surface area contributed by atoms with Crippen LogP contribution in [0.5, 0.6) is 0 Å². The third-order valence-corrected chi connectivity index (χ3v) is 6.52. The molecule has 0 radical (unpaired) electrons. The molecule has 0 saturated carbocycles. The third kappa shape index (κ3) is 5.38. The van der Waals surface area contributed by atoms with Crippen LogP contribution in [0.3, 0.4) is 0 Å². The van der Waals surface area contributed by atoms with Crippen molar-refractivity contribution in [3.05, 3.63) is 58.6 Å². The first-order valence-electron chi connectivity index (χ1n) is 8.89. The van der Waals surface area contributed by atoms with Gasteiger partial charge in [0.05, 0.1) is 4.90 Å². The normalized spacial score (nSPS) is 14.9. The van der Waals surface area contributed by atoms with Crippen LogP contribution in [0.4, 0.5) is 5.69 Å². The monoisotopic (exact) mass is 441 g/mol. The molecule has 0 atom stereocenters. The summed E-state index contributed by atoms with van der Waals surface area (Å²) in [7, 11) is -3.65. The number of benzene rings is 2. The summed E-state index contributed by atoms with van der Waals surface area (Å²) >= 11 is 11.8. The van der Waals surface area contributed by atoms with Gasteiger partial charge < -0.3 is 9.80 Å². The van der Waals surface area contributed by atoms with Crippen LogP contribution in [0, 0.1) is 0 Å². The molecule has 9 heteroatoms. The van der Waals surface area contributed by atoms with Gasteiger partial charge in [0, 0.05) is 54.9 Å².